The SMILES string of the molecule is Cc1ccc(C)c(C(=O)/C=C/Nc2cccc(F)c2C)c1. The van der Waals surface area contributed by atoms with Crippen LogP contribution in [0.4, 0.5) is 10.1 Å². The fourth-order valence-corrected chi connectivity index (χ4v) is 2.06. The largest absolute Gasteiger partial charge is 0.361 e. The number of anilines is 1. The van der Waals surface area contributed by atoms with Crippen molar-refractivity contribution in [2.75, 3.05) is 5.32 Å². The lowest BCUT2D eigenvalue weighted by Gasteiger charge is -2.06. The fraction of sp³-hybridized carbons (Fsp3) is 0.167. The summed E-state index contributed by atoms with van der Waals surface area (Å²) in [4.78, 5) is 12.2. The van der Waals surface area contributed by atoms with Gasteiger partial charge in [0, 0.05) is 29.1 Å². The predicted octanol–water partition coefficient (Wildman–Crippen LogP) is 4.56. The van der Waals surface area contributed by atoms with Gasteiger partial charge in [-0.25, -0.2) is 4.39 Å². The summed E-state index contributed by atoms with van der Waals surface area (Å²) < 4.78 is 13.4. The number of ketones is 1. The van der Waals surface area contributed by atoms with E-state index in [0.717, 1.165) is 11.1 Å². The van der Waals surface area contributed by atoms with Crippen molar-refractivity contribution in [1.82, 2.24) is 0 Å². The molecule has 0 aliphatic rings. The maximum atomic E-state index is 13.4. The summed E-state index contributed by atoms with van der Waals surface area (Å²) in [5.74, 6) is -0.341. The molecule has 0 spiro atoms. The molecule has 2 nitrogen and oxygen atoms in total. The summed E-state index contributed by atoms with van der Waals surface area (Å²) in [6, 6.07) is 10.6. The van der Waals surface area contributed by atoms with Gasteiger partial charge in [0.1, 0.15) is 5.82 Å². The molecule has 0 radical (unpaired) electrons. The Morgan fingerprint density at radius 1 is 1.14 bits per heavy atom. The van der Waals surface area contributed by atoms with Crippen molar-refractivity contribution in [1.29, 1.82) is 0 Å². The van der Waals surface area contributed by atoms with E-state index in [2.05, 4.69) is 5.32 Å². The molecule has 3 heteroatoms. The number of carbonyl (C=O) groups excluding carboxylic acids is 1. The maximum absolute atomic E-state index is 13.4. The highest BCUT2D eigenvalue weighted by Crippen LogP contribution is 2.17. The Bertz CT molecular complexity index is 704. The minimum Gasteiger partial charge on any atom is -0.361 e. The van der Waals surface area contributed by atoms with Gasteiger partial charge in [-0.3, -0.25) is 4.79 Å². The Hall–Kier alpha value is -2.42. The lowest BCUT2D eigenvalue weighted by Crippen LogP contribution is -2.00. The van der Waals surface area contributed by atoms with Crippen LogP contribution in [-0.2, 0) is 0 Å². The van der Waals surface area contributed by atoms with Crippen LogP contribution in [0.1, 0.15) is 27.0 Å². The molecule has 0 saturated carbocycles. The van der Waals surface area contributed by atoms with Crippen LogP contribution in [0, 0.1) is 26.6 Å². The molecule has 2 aromatic rings. The van der Waals surface area contributed by atoms with Gasteiger partial charge < -0.3 is 5.32 Å². The Kier molecular flexibility index (Phi) is 4.53. The molecule has 1 N–H and O–H groups in total. The number of hydrogen-bond acceptors (Lipinski definition) is 2. The number of benzene rings is 2. The van der Waals surface area contributed by atoms with Gasteiger partial charge in [-0.1, -0.05) is 23.8 Å². The van der Waals surface area contributed by atoms with Crippen molar-refractivity contribution in [2.45, 2.75) is 20.8 Å². The number of allylic oxidation sites excluding steroid dienone is 1. The second-order valence-corrected chi connectivity index (χ2v) is 5.07. The average molecular weight is 283 g/mol. The summed E-state index contributed by atoms with van der Waals surface area (Å²) in [5.41, 5.74) is 3.86. The van der Waals surface area contributed by atoms with E-state index in [1.54, 1.807) is 25.3 Å². The molecular weight excluding hydrogens is 265 g/mol. The van der Waals surface area contributed by atoms with Gasteiger partial charge in [-0.15, -0.1) is 0 Å². The zero-order valence-electron chi connectivity index (χ0n) is 12.4. The number of halogens is 1. The first-order chi connectivity index (χ1) is 9.99. The zero-order chi connectivity index (χ0) is 15.4. The molecule has 108 valence electrons. The van der Waals surface area contributed by atoms with E-state index in [1.165, 1.54) is 12.1 Å². The Balaban J connectivity index is 2.12. The molecule has 21 heavy (non-hydrogen) atoms. The molecule has 0 heterocycles. The third-order valence-corrected chi connectivity index (χ3v) is 3.40. The molecule has 0 atom stereocenters. The van der Waals surface area contributed by atoms with Crippen molar-refractivity contribution < 1.29 is 9.18 Å². The first kappa shape index (κ1) is 15.0. The van der Waals surface area contributed by atoms with Crippen LogP contribution in [0.2, 0.25) is 0 Å². The second-order valence-electron chi connectivity index (χ2n) is 5.07. The highest BCUT2D eigenvalue weighted by molar-refractivity contribution is 6.05. The third kappa shape index (κ3) is 3.57. The number of aryl methyl sites for hydroxylation is 2. The van der Waals surface area contributed by atoms with E-state index in [4.69, 9.17) is 0 Å². The van der Waals surface area contributed by atoms with Gasteiger partial charge in [-0.2, -0.15) is 0 Å². The highest BCUT2D eigenvalue weighted by Gasteiger charge is 2.06. The van der Waals surface area contributed by atoms with Crippen molar-refractivity contribution in [3.05, 3.63) is 76.7 Å². The number of nitrogens with one attached hydrogen (secondary N) is 1. The third-order valence-electron chi connectivity index (χ3n) is 3.40. The van der Waals surface area contributed by atoms with Gasteiger partial charge >= 0.3 is 0 Å². The summed E-state index contributed by atoms with van der Waals surface area (Å²) in [5, 5.41) is 2.95. The van der Waals surface area contributed by atoms with E-state index in [9.17, 15) is 9.18 Å². The molecule has 0 unspecified atom stereocenters. The summed E-state index contributed by atoms with van der Waals surface area (Å²) in [6.07, 6.45) is 3.01. The maximum Gasteiger partial charge on any atom is 0.187 e. The second kappa shape index (κ2) is 6.35. The van der Waals surface area contributed by atoms with Gasteiger partial charge in [0.15, 0.2) is 5.78 Å². The summed E-state index contributed by atoms with van der Waals surface area (Å²) in [6.45, 7) is 5.55. The zero-order valence-corrected chi connectivity index (χ0v) is 12.4. The molecule has 0 bridgehead atoms. The van der Waals surface area contributed by atoms with E-state index >= 15 is 0 Å². The summed E-state index contributed by atoms with van der Waals surface area (Å²) in [7, 11) is 0. The van der Waals surface area contributed by atoms with E-state index in [-0.39, 0.29) is 11.6 Å². The predicted molar refractivity (Wildman–Crippen MR) is 84.1 cm³/mol. The van der Waals surface area contributed by atoms with Crippen LogP contribution in [0.5, 0.6) is 0 Å². The van der Waals surface area contributed by atoms with Crippen LogP contribution < -0.4 is 5.32 Å². The molecule has 2 rings (SSSR count). The van der Waals surface area contributed by atoms with Crippen LogP contribution in [0.15, 0.2) is 48.7 Å². The highest BCUT2D eigenvalue weighted by atomic mass is 19.1. The molecular formula is C18H18FNO. The van der Waals surface area contributed by atoms with E-state index in [0.29, 0.717) is 16.8 Å². The van der Waals surface area contributed by atoms with Crippen molar-refractivity contribution in [3.8, 4) is 0 Å². The minimum atomic E-state index is -0.269. The smallest absolute Gasteiger partial charge is 0.187 e. The number of rotatable bonds is 4. The minimum absolute atomic E-state index is 0.0715. The van der Waals surface area contributed by atoms with Gasteiger partial charge in [0.25, 0.3) is 0 Å². The first-order valence-corrected chi connectivity index (χ1v) is 6.79. The lowest BCUT2D eigenvalue weighted by atomic mass is 10.0. The molecule has 0 aliphatic heterocycles. The number of hydrogen-bond donors (Lipinski definition) is 1. The first-order valence-electron chi connectivity index (χ1n) is 6.79. The molecule has 0 aliphatic carbocycles. The van der Waals surface area contributed by atoms with Gasteiger partial charge in [-0.05, 0) is 44.5 Å². The average Bonchev–Trinajstić information content (AvgIpc) is 2.46. The topological polar surface area (TPSA) is 29.1 Å². The Morgan fingerprint density at radius 3 is 2.67 bits per heavy atom. The molecule has 2 aromatic carbocycles. The van der Waals surface area contributed by atoms with Crippen molar-refractivity contribution in [2.24, 2.45) is 0 Å². The van der Waals surface area contributed by atoms with Crippen LogP contribution >= 0.6 is 0 Å². The monoisotopic (exact) mass is 283 g/mol. The lowest BCUT2D eigenvalue weighted by molar-refractivity contribution is 0.104. The van der Waals surface area contributed by atoms with Crippen LogP contribution in [-0.4, -0.2) is 5.78 Å². The molecule has 0 saturated heterocycles. The van der Waals surface area contributed by atoms with Crippen molar-refractivity contribution >= 4 is 11.5 Å². The quantitative estimate of drug-likeness (QED) is 0.658. The van der Waals surface area contributed by atoms with Gasteiger partial charge in [0.2, 0.25) is 0 Å². The van der Waals surface area contributed by atoms with E-state index in [1.807, 2.05) is 32.0 Å². The molecule has 0 aromatic heterocycles. The molecule has 0 amide bonds. The van der Waals surface area contributed by atoms with E-state index < -0.39 is 0 Å². The van der Waals surface area contributed by atoms with Crippen molar-refractivity contribution in [3.63, 3.8) is 0 Å². The van der Waals surface area contributed by atoms with Crippen LogP contribution in [0.25, 0.3) is 0 Å². The summed E-state index contributed by atoms with van der Waals surface area (Å²) >= 11 is 0. The molecule has 0 fully saturated rings. The Labute approximate surface area is 124 Å². The fourth-order valence-electron chi connectivity index (χ4n) is 2.06. The van der Waals surface area contributed by atoms with Crippen LogP contribution in [0.3, 0.4) is 0 Å². The Morgan fingerprint density at radius 2 is 1.90 bits per heavy atom. The normalized spacial score (nSPS) is 10.9. The van der Waals surface area contributed by atoms with Gasteiger partial charge in [0.05, 0.1) is 0 Å². The number of carbonyl (C=O) groups is 1. The standard InChI is InChI=1S/C18H18FNO/c1-12-7-8-13(2)15(11-12)18(21)9-10-20-17-6-4-5-16(19)14(17)3/h4-11,20H,1-3H3/b10-9+.